The fourth-order valence-corrected chi connectivity index (χ4v) is 13.5. The number of pyridine rings is 4. The summed E-state index contributed by atoms with van der Waals surface area (Å²) in [5.74, 6) is 0. The predicted octanol–water partition coefficient (Wildman–Crippen LogP) is 18.6. The van der Waals surface area contributed by atoms with Gasteiger partial charge in [-0.2, -0.15) is 13.7 Å². The van der Waals surface area contributed by atoms with Crippen molar-refractivity contribution in [2.75, 3.05) is 0 Å². The third-order valence-corrected chi connectivity index (χ3v) is 22.0. The Morgan fingerprint density at radius 2 is 0.440 bits per heavy atom. The Hall–Kier alpha value is -6.52. The van der Waals surface area contributed by atoms with E-state index in [0.29, 0.717) is 0 Å². The molecule has 4 heterocycles. The molecule has 0 atom stereocenters. The molecule has 4 heteroatoms. The van der Waals surface area contributed by atoms with Crippen molar-refractivity contribution in [2.45, 2.75) is 222 Å². The van der Waals surface area contributed by atoms with Crippen LogP contribution in [0.4, 0.5) is 0 Å². The highest BCUT2D eigenvalue weighted by Crippen LogP contribution is 2.38. The standard InChI is InChI=1S/C21H30N.2C20H28N.C19H26N/c1-11-12(2)16(6)20(17(7)13(11)3)21-18(8)14(4)15(5)19(9)22(21)10;1-11-10-19(16(6)13(3)12(11)2)20-17(7)14(4)15(5)18(8)21(20)9;1-11-10-12(2)19(16(6)13(11)3)20-17(7)14(4)15(5)18(8)21(20)9;1-11-9-12(2)18(16(6)14(11)4)19-17(7)15(5)13(3)10-20(19)8/h1-10H3;2*10H,1-9H3;9-10H,1-8H3/q4*+1. The number of rotatable bonds is 4. The Morgan fingerprint density at radius 3 is 0.833 bits per heavy atom. The third kappa shape index (κ3) is 12.2. The summed E-state index contributed by atoms with van der Waals surface area (Å²) in [5, 5.41) is 0. The molecule has 0 bridgehead atoms. The number of benzene rings is 4. The summed E-state index contributed by atoms with van der Waals surface area (Å²) in [6.07, 6.45) is 2.24. The number of aryl methyl sites for hydroxylation is 7. The molecule has 0 radical (unpaired) electrons. The van der Waals surface area contributed by atoms with E-state index in [1.165, 1.54) is 223 Å². The van der Waals surface area contributed by atoms with Gasteiger partial charge in [0, 0.05) is 70.8 Å². The Balaban J connectivity index is 0.000000205. The smallest absolute Gasteiger partial charge is 0.200 e. The molecule has 4 aromatic heterocycles. The first-order valence-electron chi connectivity index (χ1n) is 30.9. The van der Waals surface area contributed by atoms with Gasteiger partial charge in [0.1, 0.15) is 28.2 Å². The molecule has 0 N–H and O–H groups in total. The van der Waals surface area contributed by atoms with Gasteiger partial charge in [0.25, 0.3) is 0 Å². The van der Waals surface area contributed by atoms with Gasteiger partial charge < -0.3 is 0 Å². The van der Waals surface area contributed by atoms with Crippen LogP contribution >= 0.6 is 0 Å². The van der Waals surface area contributed by atoms with E-state index in [0.717, 1.165) is 0 Å². The zero-order chi connectivity index (χ0) is 64.2. The monoisotopic (exact) mass is 1130 g/mol. The summed E-state index contributed by atoms with van der Waals surface area (Å²) in [6, 6.07) is 6.99. The van der Waals surface area contributed by atoms with E-state index in [9.17, 15) is 0 Å². The van der Waals surface area contributed by atoms with Crippen LogP contribution in [0.1, 0.15) is 178 Å². The topological polar surface area (TPSA) is 15.5 Å². The lowest BCUT2D eigenvalue weighted by Crippen LogP contribution is -2.37. The van der Waals surface area contributed by atoms with Gasteiger partial charge in [0.2, 0.25) is 22.8 Å². The molecule has 4 nitrogen and oxygen atoms in total. The van der Waals surface area contributed by atoms with Crippen molar-refractivity contribution in [3.05, 3.63) is 203 Å². The molecule has 84 heavy (non-hydrogen) atoms. The van der Waals surface area contributed by atoms with Crippen molar-refractivity contribution >= 4 is 0 Å². The number of hydrogen-bond donors (Lipinski definition) is 0. The lowest BCUT2D eigenvalue weighted by Gasteiger charge is -2.20. The molecule has 0 fully saturated rings. The second-order valence-corrected chi connectivity index (χ2v) is 26.0. The SMILES string of the molecule is Cc1c(C)c(C)c(-c2c(C)c(C)c(C)c(C)[n+]2C)c(C)c1C.Cc1cc(-c2c(C)c(C)c(C)c(C)[n+]2C)c(C)c(C)c1C.Cc1cc(C)c(-c2c(C)c(C)c(C)c(C)[n+]2C)c(C)c1C.Cc1cc(C)c(-c2c(C)c(C)c(C)c[n+]2C)c(C)c1C. The van der Waals surface area contributed by atoms with Crippen molar-refractivity contribution in [1.29, 1.82) is 0 Å². The molecule has 0 unspecified atom stereocenters. The van der Waals surface area contributed by atoms with E-state index < -0.39 is 0 Å². The van der Waals surface area contributed by atoms with Gasteiger partial charge >= 0.3 is 0 Å². The van der Waals surface area contributed by atoms with E-state index in [1.54, 1.807) is 0 Å². The first kappa shape index (κ1) is 68.3. The number of nitrogens with zero attached hydrogens (tertiary/aromatic N) is 4. The second kappa shape index (κ2) is 26.0. The molecule has 0 aliphatic rings. The van der Waals surface area contributed by atoms with Crippen molar-refractivity contribution < 1.29 is 18.3 Å². The van der Waals surface area contributed by atoms with E-state index >= 15 is 0 Å². The minimum absolute atomic E-state index is 1.35. The van der Waals surface area contributed by atoms with Gasteiger partial charge in [0.05, 0.1) is 16.7 Å². The van der Waals surface area contributed by atoms with E-state index in [2.05, 4.69) is 292 Å². The minimum atomic E-state index is 1.35. The molecule has 0 saturated heterocycles. The maximum Gasteiger partial charge on any atom is 0.216 e. The summed E-state index contributed by atoms with van der Waals surface area (Å²) in [5.41, 5.74) is 55.8. The van der Waals surface area contributed by atoms with Crippen molar-refractivity contribution in [3.8, 4) is 45.0 Å². The Bertz CT molecular complexity index is 3730. The van der Waals surface area contributed by atoms with Crippen LogP contribution in [-0.2, 0) is 28.2 Å². The molecular formula is C80H112N4+4. The molecule has 0 saturated carbocycles. The van der Waals surface area contributed by atoms with Gasteiger partial charge in [-0.05, 0) is 324 Å². The average molecular weight is 1130 g/mol. The highest BCUT2D eigenvalue weighted by molar-refractivity contribution is 5.75. The molecule has 4 aromatic carbocycles. The van der Waals surface area contributed by atoms with Gasteiger partial charge in [-0.25, -0.2) is 4.57 Å². The Morgan fingerprint density at radius 1 is 0.190 bits per heavy atom. The van der Waals surface area contributed by atoms with Gasteiger partial charge in [0.15, 0.2) is 23.3 Å². The van der Waals surface area contributed by atoms with Crippen LogP contribution in [-0.4, -0.2) is 0 Å². The Labute approximate surface area is 513 Å². The fourth-order valence-electron chi connectivity index (χ4n) is 13.5. The van der Waals surface area contributed by atoms with E-state index in [4.69, 9.17) is 0 Å². The molecule has 0 aliphatic heterocycles. The molecule has 0 amide bonds. The van der Waals surface area contributed by atoms with Crippen molar-refractivity contribution in [2.24, 2.45) is 28.2 Å². The summed E-state index contributed by atoms with van der Waals surface area (Å²) < 4.78 is 9.37. The van der Waals surface area contributed by atoms with Crippen molar-refractivity contribution in [3.63, 3.8) is 0 Å². The van der Waals surface area contributed by atoms with Crippen LogP contribution in [0.3, 0.4) is 0 Å². The van der Waals surface area contributed by atoms with Crippen LogP contribution in [0.15, 0.2) is 24.4 Å². The second-order valence-electron chi connectivity index (χ2n) is 26.0. The largest absolute Gasteiger partial charge is 0.216 e. The number of aromatic nitrogens is 4. The third-order valence-electron chi connectivity index (χ3n) is 22.0. The molecule has 0 spiro atoms. The summed E-state index contributed by atoms with van der Waals surface area (Å²) >= 11 is 0. The van der Waals surface area contributed by atoms with Crippen LogP contribution in [0, 0.1) is 222 Å². The molecule has 0 aliphatic carbocycles. The van der Waals surface area contributed by atoms with Gasteiger partial charge in [-0.3, -0.25) is 0 Å². The van der Waals surface area contributed by atoms with Gasteiger partial charge in [-0.1, -0.05) is 12.1 Å². The molecule has 8 aromatic rings. The van der Waals surface area contributed by atoms with Crippen LogP contribution in [0.25, 0.3) is 45.0 Å². The molecule has 448 valence electrons. The summed E-state index contributed by atoms with van der Waals surface area (Å²) in [4.78, 5) is 0. The zero-order valence-electron chi connectivity index (χ0n) is 60.1. The minimum Gasteiger partial charge on any atom is -0.200 e. The fraction of sp³-hybridized carbons (Fsp3) is 0.450. The van der Waals surface area contributed by atoms with E-state index in [-0.39, 0.29) is 0 Å². The predicted molar refractivity (Wildman–Crippen MR) is 364 cm³/mol. The maximum atomic E-state index is 2.38. The van der Waals surface area contributed by atoms with Crippen LogP contribution in [0.5, 0.6) is 0 Å². The van der Waals surface area contributed by atoms with Crippen LogP contribution < -0.4 is 18.3 Å². The first-order chi connectivity index (χ1) is 38.7. The average Bonchev–Trinajstić information content (AvgIpc) is 1.13. The summed E-state index contributed by atoms with van der Waals surface area (Å²) in [6.45, 7) is 71.6. The summed E-state index contributed by atoms with van der Waals surface area (Å²) in [7, 11) is 8.74. The van der Waals surface area contributed by atoms with Crippen LogP contribution in [0.2, 0.25) is 0 Å². The first-order valence-corrected chi connectivity index (χ1v) is 30.9. The quantitative estimate of drug-likeness (QED) is 0.156. The molecule has 8 rings (SSSR count). The van der Waals surface area contributed by atoms with E-state index in [1.807, 2.05) is 0 Å². The Kier molecular flexibility index (Phi) is 21.1. The lowest BCUT2D eigenvalue weighted by molar-refractivity contribution is -0.667. The number of hydrogen-bond acceptors (Lipinski definition) is 0. The van der Waals surface area contributed by atoms with Crippen molar-refractivity contribution in [1.82, 2.24) is 0 Å². The highest BCUT2D eigenvalue weighted by atomic mass is 15.0. The highest BCUT2D eigenvalue weighted by Gasteiger charge is 2.29. The maximum absolute atomic E-state index is 2.38. The molecular weight excluding hydrogens is 1020 g/mol. The normalized spacial score (nSPS) is 11.1. The van der Waals surface area contributed by atoms with Gasteiger partial charge in [-0.15, -0.1) is 0 Å². The zero-order valence-corrected chi connectivity index (χ0v) is 60.1. The lowest BCUT2D eigenvalue weighted by atomic mass is 9.85.